The van der Waals surface area contributed by atoms with Gasteiger partial charge in [-0.2, -0.15) is 0 Å². The normalized spacial score (nSPS) is 17.8. The van der Waals surface area contributed by atoms with E-state index in [2.05, 4.69) is 21.2 Å². The van der Waals surface area contributed by atoms with Gasteiger partial charge in [0.25, 0.3) is 0 Å². The van der Waals surface area contributed by atoms with E-state index in [1.165, 1.54) is 24.8 Å². The third-order valence-electron chi connectivity index (χ3n) is 4.28. The molecule has 0 heterocycles. The lowest BCUT2D eigenvalue weighted by Gasteiger charge is -2.35. The molecule has 1 amide bonds. The molecule has 4 heteroatoms. The first-order chi connectivity index (χ1) is 9.54. The molecule has 1 saturated carbocycles. The van der Waals surface area contributed by atoms with E-state index >= 15 is 0 Å². The van der Waals surface area contributed by atoms with Crippen molar-refractivity contribution >= 4 is 27.5 Å². The Labute approximate surface area is 129 Å². The Morgan fingerprint density at radius 2 is 2.05 bits per heavy atom. The molecule has 0 bridgehead atoms. The maximum Gasteiger partial charge on any atom is 0.225 e. The van der Waals surface area contributed by atoms with Crippen LogP contribution in [0.25, 0.3) is 0 Å². The van der Waals surface area contributed by atoms with Crippen LogP contribution in [0.1, 0.15) is 44.1 Å². The van der Waals surface area contributed by atoms with Crippen molar-refractivity contribution in [2.24, 2.45) is 11.1 Å². The molecule has 0 unspecified atom stereocenters. The predicted molar refractivity (Wildman–Crippen MR) is 86.7 cm³/mol. The number of carbonyl (C=O) groups excluding carboxylic acids is 1. The Morgan fingerprint density at radius 3 is 2.65 bits per heavy atom. The minimum absolute atomic E-state index is 0.0134. The Bertz CT molecular complexity index is 481. The second kappa shape index (κ2) is 6.72. The Morgan fingerprint density at radius 1 is 1.35 bits per heavy atom. The van der Waals surface area contributed by atoms with Gasteiger partial charge in [-0.3, -0.25) is 4.79 Å². The number of benzene rings is 1. The third kappa shape index (κ3) is 3.83. The Hall–Kier alpha value is -0.870. The number of halogens is 1. The van der Waals surface area contributed by atoms with Crippen LogP contribution in [-0.4, -0.2) is 12.5 Å². The minimum Gasteiger partial charge on any atom is -0.330 e. The largest absolute Gasteiger partial charge is 0.330 e. The lowest BCUT2D eigenvalue weighted by Crippen LogP contribution is -2.36. The average molecular weight is 339 g/mol. The molecule has 0 saturated heterocycles. The number of hydrogen-bond donors (Lipinski definition) is 2. The maximum atomic E-state index is 12.3. The molecule has 0 aromatic heterocycles. The molecule has 1 aromatic carbocycles. The molecule has 1 aliphatic carbocycles. The highest BCUT2D eigenvalue weighted by molar-refractivity contribution is 9.10. The van der Waals surface area contributed by atoms with E-state index in [0.717, 1.165) is 23.0 Å². The quantitative estimate of drug-likeness (QED) is 0.871. The van der Waals surface area contributed by atoms with Crippen molar-refractivity contribution in [3.63, 3.8) is 0 Å². The number of hydrogen-bond acceptors (Lipinski definition) is 2. The molecule has 20 heavy (non-hydrogen) atoms. The summed E-state index contributed by atoms with van der Waals surface area (Å²) in [4.78, 5) is 12.3. The second-order valence-corrected chi connectivity index (χ2v) is 6.83. The van der Waals surface area contributed by atoms with Crippen LogP contribution >= 0.6 is 15.9 Å². The van der Waals surface area contributed by atoms with Crippen molar-refractivity contribution in [3.05, 3.63) is 28.2 Å². The highest BCUT2D eigenvalue weighted by atomic mass is 79.9. The van der Waals surface area contributed by atoms with Gasteiger partial charge in [0.1, 0.15) is 0 Å². The van der Waals surface area contributed by atoms with E-state index in [4.69, 9.17) is 5.73 Å². The molecule has 3 N–H and O–H groups in total. The number of nitrogens with two attached hydrogens (primary N) is 1. The van der Waals surface area contributed by atoms with Crippen LogP contribution in [0.15, 0.2) is 22.7 Å². The van der Waals surface area contributed by atoms with E-state index in [0.29, 0.717) is 13.0 Å². The second-order valence-electron chi connectivity index (χ2n) is 5.97. The first kappa shape index (κ1) is 15.5. The first-order valence-electron chi connectivity index (χ1n) is 7.31. The van der Waals surface area contributed by atoms with Gasteiger partial charge >= 0.3 is 0 Å². The van der Waals surface area contributed by atoms with Gasteiger partial charge in [-0.25, -0.2) is 0 Å². The van der Waals surface area contributed by atoms with Crippen LogP contribution < -0.4 is 11.1 Å². The molecule has 0 aliphatic heterocycles. The van der Waals surface area contributed by atoms with Crippen molar-refractivity contribution in [3.8, 4) is 0 Å². The summed E-state index contributed by atoms with van der Waals surface area (Å²) in [5.74, 6) is 0.0712. The fourth-order valence-corrected chi connectivity index (χ4v) is 3.60. The van der Waals surface area contributed by atoms with Crippen LogP contribution in [0.5, 0.6) is 0 Å². The molecule has 0 radical (unpaired) electrons. The summed E-state index contributed by atoms with van der Waals surface area (Å²) >= 11 is 3.49. The molecule has 0 spiro atoms. The lowest BCUT2D eigenvalue weighted by molar-refractivity contribution is -0.118. The van der Waals surface area contributed by atoms with Gasteiger partial charge in [-0.15, -0.1) is 0 Å². The molecular weight excluding hydrogens is 316 g/mol. The van der Waals surface area contributed by atoms with Gasteiger partial charge in [0.2, 0.25) is 5.91 Å². The zero-order chi connectivity index (χ0) is 14.6. The van der Waals surface area contributed by atoms with Crippen LogP contribution in [-0.2, 0) is 4.79 Å². The summed E-state index contributed by atoms with van der Waals surface area (Å²) in [6, 6.07) is 5.95. The van der Waals surface area contributed by atoms with Crippen LogP contribution in [0, 0.1) is 12.3 Å². The Balaban J connectivity index is 2.00. The van der Waals surface area contributed by atoms with E-state index in [1.807, 2.05) is 25.1 Å². The van der Waals surface area contributed by atoms with E-state index in [-0.39, 0.29) is 11.3 Å². The number of nitrogens with one attached hydrogen (secondary N) is 1. The average Bonchev–Trinajstić information content (AvgIpc) is 2.43. The van der Waals surface area contributed by atoms with Crippen LogP contribution in [0.2, 0.25) is 0 Å². The van der Waals surface area contributed by atoms with Gasteiger partial charge in [0, 0.05) is 10.9 Å². The SMILES string of the molecule is Cc1ccc(NC(=O)CC2(CN)CCCCC2)c(Br)c1. The van der Waals surface area contributed by atoms with Crippen molar-refractivity contribution in [2.45, 2.75) is 45.4 Å². The van der Waals surface area contributed by atoms with E-state index in [9.17, 15) is 4.79 Å². The molecule has 0 atom stereocenters. The first-order valence-corrected chi connectivity index (χ1v) is 8.10. The standard InChI is InChI=1S/C16H23BrN2O/c1-12-5-6-14(13(17)9-12)19-15(20)10-16(11-18)7-3-2-4-8-16/h5-6,9H,2-4,7-8,10-11,18H2,1H3,(H,19,20). The third-order valence-corrected chi connectivity index (χ3v) is 4.94. The number of amides is 1. The Kier molecular flexibility index (Phi) is 5.22. The molecule has 1 aromatic rings. The molecular formula is C16H23BrN2O. The fraction of sp³-hybridized carbons (Fsp3) is 0.562. The zero-order valence-electron chi connectivity index (χ0n) is 12.0. The van der Waals surface area contributed by atoms with Gasteiger partial charge in [-0.05, 0) is 65.4 Å². The van der Waals surface area contributed by atoms with Gasteiger partial charge in [0.15, 0.2) is 0 Å². The maximum absolute atomic E-state index is 12.3. The lowest BCUT2D eigenvalue weighted by atomic mass is 9.71. The van der Waals surface area contributed by atoms with Crippen molar-refractivity contribution in [1.82, 2.24) is 0 Å². The smallest absolute Gasteiger partial charge is 0.225 e. The molecule has 1 aliphatic rings. The molecule has 110 valence electrons. The van der Waals surface area contributed by atoms with Crippen molar-refractivity contribution in [1.29, 1.82) is 0 Å². The summed E-state index contributed by atoms with van der Waals surface area (Å²) in [6.45, 7) is 2.64. The number of carbonyl (C=O) groups is 1. The van der Waals surface area contributed by atoms with Gasteiger partial charge < -0.3 is 11.1 Å². The highest BCUT2D eigenvalue weighted by Crippen LogP contribution is 2.38. The summed E-state index contributed by atoms with van der Waals surface area (Å²) in [5, 5.41) is 3.00. The summed E-state index contributed by atoms with van der Waals surface area (Å²) in [7, 11) is 0. The fourth-order valence-electron chi connectivity index (χ4n) is 3.01. The van der Waals surface area contributed by atoms with E-state index < -0.39 is 0 Å². The number of rotatable bonds is 4. The summed E-state index contributed by atoms with van der Waals surface area (Å²) in [6.07, 6.45) is 6.34. The number of anilines is 1. The van der Waals surface area contributed by atoms with Crippen LogP contribution in [0.3, 0.4) is 0 Å². The zero-order valence-corrected chi connectivity index (χ0v) is 13.6. The van der Waals surface area contributed by atoms with Gasteiger partial charge in [0.05, 0.1) is 5.69 Å². The minimum atomic E-state index is 0.0134. The van der Waals surface area contributed by atoms with Gasteiger partial charge in [-0.1, -0.05) is 25.3 Å². The summed E-state index contributed by atoms with van der Waals surface area (Å²) < 4.78 is 0.927. The van der Waals surface area contributed by atoms with Crippen molar-refractivity contribution < 1.29 is 4.79 Å². The molecule has 2 rings (SSSR count). The van der Waals surface area contributed by atoms with E-state index in [1.54, 1.807) is 0 Å². The molecule has 3 nitrogen and oxygen atoms in total. The van der Waals surface area contributed by atoms with Crippen LogP contribution in [0.4, 0.5) is 5.69 Å². The molecule has 1 fully saturated rings. The summed E-state index contributed by atoms with van der Waals surface area (Å²) in [5.41, 5.74) is 7.96. The number of aryl methyl sites for hydroxylation is 1. The highest BCUT2D eigenvalue weighted by Gasteiger charge is 2.33. The van der Waals surface area contributed by atoms with Crippen molar-refractivity contribution in [2.75, 3.05) is 11.9 Å². The predicted octanol–water partition coefficient (Wildman–Crippen LogP) is 4.00. The topological polar surface area (TPSA) is 55.1 Å². The monoisotopic (exact) mass is 338 g/mol.